The zero-order chi connectivity index (χ0) is 15.5. The van der Waals surface area contributed by atoms with Crippen molar-refractivity contribution in [2.75, 3.05) is 24.7 Å². The molecule has 1 saturated heterocycles. The number of nitrogens with zero attached hydrogens (tertiary/aromatic N) is 1. The van der Waals surface area contributed by atoms with Crippen LogP contribution in [0.4, 0.5) is 10.1 Å². The number of halogens is 1. The van der Waals surface area contributed by atoms with Crippen molar-refractivity contribution >= 4 is 5.69 Å². The van der Waals surface area contributed by atoms with E-state index in [-0.39, 0.29) is 17.4 Å². The maximum atomic E-state index is 14.5. The number of benzene rings is 1. The van der Waals surface area contributed by atoms with Crippen molar-refractivity contribution in [2.24, 2.45) is 0 Å². The summed E-state index contributed by atoms with van der Waals surface area (Å²) in [5, 5.41) is 3.45. The van der Waals surface area contributed by atoms with Crippen LogP contribution in [0.15, 0.2) is 18.2 Å². The molecule has 0 amide bonds. The topological polar surface area (TPSA) is 24.5 Å². The molecule has 1 atom stereocenters. The van der Waals surface area contributed by atoms with Crippen LogP contribution >= 0.6 is 0 Å². The van der Waals surface area contributed by atoms with Crippen LogP contribution in [0, 0.1) is 5.82 Å². The molecular weight excluding hydrogens is 267 g/mol. The number of rotatable bonds is 4. The molecule has 1 aromatic rings. The van der Waals surface area contributed by atoms with Gasteiger partial charge in [-0.1, -0.05) is 19.1 Å². The zero-order valence-corrected chi connectivity index (χ0v) is 13.6. The van der Waals surface area contributed by atoms with Crippen LogP contribution in [-0.4, -0.2) is 31.3 Å². The van der Waals surface area contributed by atoms with Gasteiger partial charge in [0.25, 0.3) is 0 Å². The van der Waals surface area contributed by atoms with E-state index < -0.39 is 0 Å². The summed E-state index contributed by atoms with van der Waals surface area (Å²) in [7, 11) is 0. The maximum Gasteiger partial charge on any atom is 0.146 e. The molecule has 0 aromatic heterocycles. The van der Waals surface area contributed by atoms with Crippen LogP contribution < -0.4 is 10.2 Å². The Balaban J connectivity index is 2.28. The summed E-state index contributed by atoms with van der Waals surface area (Å²) in [6, 6.07) is 5.61. The maximum absolute atomic E-state index is 14.5. The van der Waals surface area contributed by atoms with Gasteiger partial charge in [0.15, 0.2) is 0 Å². The molecular formula is C17H27FN2O. The van der Waals surface area contributed by atoms with Gasteiger partial charge in [-0.05, 0) is 38.8 Å². The van der Waals surface area contributed by atoms with Gasteiger partial charge in [0.05, 0.1) is 24.9 Å². The van der Waals surface area contributed by atoms with E-state index in [9.17, 15) is 4.39 Å². The monoisotopic (exact) mass is 294 g/mol. The third-order valence-electron chi connectivity index (χ3n) is 3.87. The second-order valence-corrected chi connectivity index (χ2v) is 6.68. The third kappa shape index (κ3) is 4.17. The van der Waals surface area contributed by atoms with E-state index in [4.69, 9.17) is 4.74 Å². The van der Waals surface area contributed by atoms with E-state index in [0.29, 0.717) is 19.8 Å². The van der Waals surface area contributed by atoms with Gasteiger partial charge in [-0.25, -0.2) is 4.39 Å². The lowest BCUT2D eigenvalue weighted by Gasteiger charge is -2.38. The predicted molar refractivity (Wildman–Crippen MR) is 85.2 cm³/mol. The zero-order valence-electron chi connectivity index (χ0n) is 13.6. The Bertz CT molecular complexity index is 470. The highest BCUT2D eigenvalue weighted by atomic mass is 19.1. The number of hydrogen-bond donors (Lipinski definition) is 1. The highest BCUT2D eigenvalue weighted by Gasteiger charge is 2.26. The van der Waals surface area contributed by atoms with E-state index >= 15 is 0 Å². The summed E-state index contributed by atoms with van der Waals surface area (Å²) in [5.41, 5.74) is 1.77. The molecule has 1 N–H and O–H groups in total. The standard InChI is InChI=1S/C17H27FN2O/c1-5-14-12-21-10-9-20(14)16-13(7-6-8-15(16)18)11-19-17(2,3)4/h6-8,14,19H,5,9-12H2,1-4H3. The Morgan fingerprint density at radius 1 is 1.38 bits per heavy atom. The molecule has 0 spiro atoms. The Labute approximate surface area is 127 Å². The lowest BCUT2D eigenvalue weighted by Crippen LogP contribution is -2.46. The van der Waals surface area contributed by atoms with Crippen molar-refractivity contribution in [3.05, 3.63) is 29.6 Å². The molecule has 0 saturated carbocycles. The summed E-state index contributed by atoms with van der Waals surface area (Å²) in [4.78, 5) is 2.18. The molecule has 3 nitrogen and oxygen atoms in total. The molecule has 1 aliphatic heterocycles. The molecule has 4 heteroatoms. The molecule has 0 radical (unpaired) electrons. The average Bonchev–Trinajstić information content (AvgIpc) is 2.44. The van der Waals surface area contributed by atoms with Crippen molar-refractivity contribution in [3.63, 3.8) is 0 Å². The van der Waals surface area contributed by atoms with Gasteiger partial charge >= 0.3 is 0 Å². The van der Waals surface area contributed by atoms with Gasteiger partial charge in [-0.15, -0.1) is 0 Å². The van der Waals surface area contributed by atoms with E-state index in [1.165, 1.54) is 0 Å². The second-order valence-electron chi connectivity index (χ2n) is 6.68. The Hall–Kier alpha value is -1.13. The molecule has 1 fully saturated rings. The molecule has 118 valence electrons. The van der Waals surface area contributed by atoms with Crippen LogP contribution in [0.5, 0.6) is 0 Å². The highest BCUT2D eigenvalue weighted by Crippen LogP contribution is 2.29. The first-order valence-corrected chi connectivity index (χ1v) is 7.79. The van der Waals surface area contributed by atoms with Gasteiger partial charge in [-0.3, -0.25) is 0 Å². The first-order valence-electron chi connectivity index (χ1n) is 7.79. The Morgan fingerprint density at radius 2 is 2.14 bits per heavy atom. The van der Waals surface area contributed by atoms with Crippen molar-refractivity contribution in [3.8, 4) is 0 Å². The number of morpholine rings is 1. The quantitative estimate of drug-likeness (QED) is 0.922. The summed E-state index contributed by atoms with van der Waals surface area (Å²) >= 11 is 0. The smallest absolute Gasteiger partial charge is 0.146 e. The van der Waals surface area contributed by atoms with Crippen LogP contribution in [0.2, 0.25) is 0 Å². The van der Waals surface area contributed by atoms with E-state index in [2.05, 4.69) is 37.9 Å². The number of anilines is 1. The first-order chi connectivity index (χ1) is 9.92. The molecule has 0 bridgehead atoms. The van der Waals surface area contributed by atoms with Crippen molar-refractivity contribution in [1.29, 1.82) is 0 Å². The van der Waals surface area contributed by atoms with Crippen LogP contribution in [0.1, 0.15) is 39.7 Å². The van der Waals surface area contributed by atoms with Crippen molar-refractivity contribution < 1.29 is 9.13 Å². The minimum Gasteiger partial charge on any atom is -0.377 e. The van der Waals surface area contributed by atoms with Gasteiger partial charge in [0, 0.05) is 18.6 Å². The van der Waals surface area contributed by atoms with Gasteiger partial charge < -0.3 is 15.0 Å². The molecule has 2 rings (SSSR count). The van der Waals surface area contributed by atoms with Crippen molar-refractivity contribution in [2.45, 2.75) is 52.2 Å². The number of ether oxygens (including phenoxy) is 1. The van der Waals surface area contributed by atoms with Crippen LogP contribution in [0.3, 0.4) is 0 Å². The normalized spacial score (nSPS) is 19.9. The highest BCUT2D eigenvalue weighted by molar-refractivity contribution is 5.56. The minimum atomic E-state index is -0.136. The largest absolute Gasteiger partial charge is 0.377 e. The fraction of sp³-hybridized carbons (Fsp3) is 0.647. The predicted octanol–water partition coefficient (Wildman–Crippen LogP) is 3.33. The van der Waals surface area contributed by atoms with Gasteiger partial charge in [0.1, 0.15) is 5.82 Å². The molecule has 1 aromatic carbocycles. The Kier molecular flexibility index (Phi) is 5.22. The lowest BCUT2D eigenvalue weighted by molar-refractivity contribution is 0.0925. The second kappa shape index (κ2) is 6.75. The fourth-order valence-corrected chi connectivity index (χ4v) is 2.67. The van der Waals surface area contributed by atoms with E-state index in [1.807, 2.05) is 6.07 Å². The summed E-state index contributed by atoms with van der Waals surface area (Å²) in [6.07, 6.45) is 0.959. The van der Waals surface area contributed by atoms with Crippen LogP contribution in [0.25, 0.3) is 0 Å². The minimum absolute atomic E-state index is 0.0127. The number of nitrogens with one attached hydrogen (secondary N) is 1. The SMILES string of the molecule is CCC1COCCN1c1c(F)cccc1CNC(C)(C)C. The fourth-order valence-electron chi connectivity index (χ4n) is 2.67. The summed E-state index contributed by atoms with van der Waals surface area (Å²) in [5.74, 6) is -0.136. The first kappa shape index (κ1) is 16.2. The number of hydrogen-bond acceptors (Lipinski definition) is 3. The van der Waals surface area contributed by atoms with Crippen LogP contribution in [-0.2, 0) is 11.3 Å². The van der Waals surface area contributed by atoms with Gasteiger partial charge in [-0.2, -0.15) is 0 Å². The Morgan fingerprint density at radius 3 is 2.81 bits per heavy atom. The molecule has 1 aliphatic rings. The molecule has 1 unspecified atom stereocenters. The average molecular weight is 294 g/mol. The number of para-hydroxylation sites is 1. The van der Waals surface area contributed by atoms with E-state index in [1.54, 1.807) is 12.1 Å². The van der Waals surface area contributed by atoms with Gasteiger partial charge in [0.2, 0.25) is 0 Å². The molecule has 1 heterocycles. The third-order valence-corrected chi connectivity index (χ3v) is 3.87. The van der Waals surface area contributed by atoms with E-state index in [0.717, 1.165) is 24.2 Å². The van der Waals surface area contributed by atoms with Crippen molar-refractivity contribution in [1.82, 2.24) is 5.32 Å². The summed E-state index contributed by atoms with van der Waals surface area (Å²) in [6.45, 7) is 11.3. The molecule has 21 heavy (non-hydrogen) atoms. The molecule has 0 aliphatic carbocycles. The summed E-state index contributed by atoms with van der Waals surface area (Å²) < 4.78 is 20.0. The lowest BCUT2D eigenvalue weighted by atomic mass is 10.0.